The molecule has 1 heterocycles. The summed E-state index contributed by atoms with van der Waals surface area (Å²) in [5.41, 5.74) is -0.574. The fourth-order valence-corrected chi connectivity index (χ4v) is 1.94. The first kappa shape index (κ1) is 15.3. The second-order valence-electron chi connectivity index (χ2n) is 5.50. The van der Waals surface area contributed by atoms with Crippen LogP contribution in [-0.4, -0.2) is 46.6 Å². The van der Waals surface area contributed by atoms with E-state index in [4.69, 9.17) is 17.0 Å². The molecule has 0 radical (unpaired) electrons. The Morgan fingerprint density at radius 1 is 1.53 bits per heavy atom. The summed E-state index contributed by atoms with van der Waals surface area (Å²) in [5, 5.41) is 0.933. The van der Waals surface area contributed by atoms with E-state index in [1.165, 1.54) is 4.90 Å². The van der Waals surface area contributed by atoms with E-state index in [9.17, 15) is 9.59 Å². The molecule has 0 unspecified atom stereocenters. The molecule has 0 spiro atoms. The Kier molecular flexibility index (Phi) is 4.78. The highest BCUT2D eigenvalue weighted by molar-refractivity contribution is 5.84. The fourth-order valence-electron chi connectivity index (χ4n) is 1.94. The van der Waals surface area contributed by atoms with Crippen LogP contribution in [0.2, 0.25) is 0 Å². The maximum absolute atomic E-state index is 12.0. The smallest absolute Gasteiger partial charge is 0.335 e. The molecular weight excluding hydrogens is 246 g/mol. The van der Waals surface area contributed by atoms with Crippen molar-refractivity contribution in [2.45, 2.75) is 45.3 Å². The number of likely N-dealkylation sites (tertiary alicyclic amines) is 1. The number of hydrogen-bond acceptors (Lipinski definition) is 4. The molecular formula is C13H21N3O3. The summed E-state index contributed by atoms with van der Waals surface area (Å²) in [6, 6.07) is -1.01. The second-order valence-corrected chi connectivity index (χ2v) is 5.50. The summed E-state index contributed by atoms with van der Waals surface area (Å²) in [7, 11) is 0. The Morgan fingerprint density at radius 3 is 2.68 bits per heavy atom. The van der Waals surface area contributed by atoms with E-state index < -0.39 is 23.6 Å². The van der Waals surface area contributed by atoms with Crippen molar-refractivity contribution in [3.8, 4) is 12.3 Å². The summed E-state index contributed by atoms with van der Waals surface area (Å²) in [6.45, 7) is 5.87. The van der Waals surface area contributed by atoms with Crippen LogP contribution in [0.3, 0.4) is 0 Å². The van der Waals surface area contributed by atoms with Crippen molar-refractivity contribution in [2.24, 2.45) is 5.84 Å². The molecule has 1 aliphatic heterocycles. The molecule has 0 aromatic carbocycles. The number of hydrazine groups is 1. The van der Waals surface area contributed by atoms with Crippen LogP contribution in [0.1, 0.15) is 33.6 Å². The van der Waals surface area contributed by atoms with Gasteiger partial charge in [-0.05, 0) is 33.6 Å². The number of nitrogens with zero attached hydrogens (tertiary/aromatic N) is 2. The lowest BCUT2D eigenvalue weighted by molar-refractivity contribution is -0.159. The molecule has 2 N–H and O–H groups in total. The molecule has 1 atom stereocenters. The van der Waals surface area contributed by atoms with Crippen LogP contribution < -0.4 is 5.84 Å². The van der Waals surface area contributed by atoms with Gasteiger partial charge in [-0.25, -0.2) is 15.4 Å². The van der Waals surface area contributed by atoms with Crippen LogP contribution in [0.15, 0.2) is 0 Å². The van der Waals surface area contributed by atoms with Gasteiger partial charge in [0.25, 0.3) is 0 Å². The van der Waals surface area contributed by atoms with Gasteiger partial charge in [-0.15, -0.1) is 6.42 Å². The number of esters is 1. The van der Waals surface area contributed by atoms with Gasteiger partial charge < -0.3 is 9.64 Å². The van der Waals surface area contributed by atoms with Gasteiger partial charge in [0.15, 0.2) is 0 Å². The molecule has 0 aromatic heterocycles. The minimum Gasteiger partial charge on any atom is -0.458 e. The molecule has 0 aliphatic carbocycles. The summed E-state index contributed by atoms with van der Waals surface area (Å²) in [6.07, 6.45) is 6.45. The number of nitrogens with two attached hydrogens (primary N) is 1. The molecule has 0 saturated carbocycles. The Balaban J connectivity index is 2.71. The van der Waals surface area contributed by atoms with Crippen LogP contribution >= 0.6 is 0 Å². The summed E-state index contributed by atoms with van der Waals surface area (Å²) >= 11 is 0. The van der Waals surface area contributed by atoms with Gasteiger partial charge in [-0.1, -0.05) is 5.92 Å². The summed E-state index contributed by atoms with van der Waals surface area (Å²) < 4.78 is 5.31. The summed E-state index contributed by atoms with van der Waals surface area (Å²) in [5.74, 6) is 7.44. The third-order valence-electron chi connectivity index (χ3n) is 2.68. The van der Waals surface area contributed by atoms with Gasteiger partial charge in [0, 0.05) is 6.54 Å². The molecule has 6 nitrogen and oxygen atoms in total. The molecule has 106 valence electrons. The highest BCUT2D eigenvalue weighted by Crippen LogP contribution is 2.21. The lowest BCUT2D eigenvalue weighted by Gasteiger charge is -2.29. The largest absolute Gasteiger partial charge is 0.458 e. The van der Waals surface area contributed by atoms with Crippen LogP contribution in [0.25, 0.3) is 0 Å². The SMILES string of the molecule is C#CCN(N)C(=O)N1CCC[C@H]1C(=O)OC(C)(C)C. The zero-order chi connectivity index (χ0) is 14.6. The van der Waals surface area contributed by atoms with Crippen LogP contribution in [0.5, 0.6) is 0 Å². The number of terminal acetylenes is 1. The van der Waals surface area contributed by atoms with Gasteiger partial charge in [0.05, 0.1) is 6.54 Å². The number of carbonyl (C=O) groups excluding carboxylic acids is 2. The van der Waals surface area contributed by atoms with E-state index in [1.54, 1.807) is 20.8 Å². The van der Waals surface area contributed by atoms with Crippen LogP contribution in [-0.2, 0) is 9.53 Å². The fraction of sp³-hybridized carbons (Fsp3) is 0.692. The van der Waals surface area contributed by atoms with Gasteiger partial charge in [-0.3, -0.25) is 5.01 Å². The van der Waals surface area contributed by atoms with Crippen molar-refractivity contribution in [3.05, 3.63) is 0 Å². The quantitative estimate of drug-likeness (QED) is 0.263. The Bertz CT molecular complexity index is 395. The highest BCUT2D eigenvalue weighted by Gasteiger charge is 2.38. The minimum absolute atomic E-state index is 0.0103. The van der Waals surface area contributed by atoms with E-state index in [0.717, 1.165) is 11.4 Å². The molecule has 1 saturated heterocycles. The molecule has 2 amide bonds. The first-order valence-electron chi connectivity index (χ1n) is 6.25. The summed E-state index contributed by atoms with van der Waals surface area (Å²) in [4.78, 5) is 25.5. The van der Waals surface area contributed by atoms with E-state index in [0.29, 0.717) is 13.0 Å². The van der Waals surface area contributed by atoms with Crippen molar-refractivity contribution >= 4 is 12.0 Å². The molecule has 6 heteroatoms. The van der Waals surface area contributed by atoms with Gasteiger partial charge >= 0.3 is 12.0 Å². The third kappa shape index (κ3) is 4.14. The molecule has 1 aliphatic rings. The predicted octanol–water partition coefficient (Wildman–Crippen LogP) is 0.721. The number of urea groups is 1. The lowest BCUT2D eigenvalue weighted by atomic mass is 10.1. The maximum atomic E-state index is 12.0. The molecule has 0 aromatic rings. The topological polar surface area (TPSA) is 75.9 Å². The molecule has 19 heavy (non-hydrogen) atoms. The third-order valence-corrected chi connectivity index (χ3v) is 2.68. The predicted molar refractivity (Wildman–Crippen MR) is 70.7 cm³/mol. The van der Waals surface area contributed by atoms with Crippen LogP contribution in [0.4, 0.5) is 4.79 Å². The highest BCUT2D eigenvalue weighted by atomic mass is 16.6. The number of ether oxygens (including phenoxy) is 1. The van der Waals surface area contributed by atoms with Gasteiger partial charge in [0.2, 0.25) is 0 Å². The van der Waals surface area contributed by atoms with E-state index >= 15 is 0 Å². The van der Waals surface area contributed by atoms with E-state index in [-0.39, 0.29) is 6.54 Å². The number of hydrogen-bond donors (Lipinski definition) is 1. The Hall–Kier alpha value is -1.74. The second kappa shape index (κ2) is 5.93. The number of carbonyl (C=O) groups is 2. The number of rotatable bonds is 2. The van der Waals surface area contributed by atoms with Crippen LogP contribution in [0, 0.1) is 12.3 Å². The monoisotopic (exact) mass is 267 g/mol. The van der Waals surface area contributed by atoms with Crippen molar-refractivity contribution in [3.63, 3.8) is 0 Å². The normalized spacial score (nSPS) is 18.9. The zero-order valence-electron chi connectivity index (χ0n) is 11.7. The van der Waals surface area contributed by atoms with Crippen molar-refractivity contribution in [1.29, 1.82) is 0 Å². The first-order chi connectivity index (χ1) is 8.76. The minimum atomic E-state index is -0.574. The van der Waals surface area contributed by atoms with Crippen molar-refractivity contribution in [1.82, 2.24) is 9.91 Å². The van der Waals surface area contributed by atoms with Crippen molar-refractivity contribution in [2.75, 3.05) is 13.1 Å². The zero-order valence-corrected chi connectivity index (χ0v) is 11.7. The lowest BCUT2D eigenvalue weighted by Crippen LogP contribution is -2.51. The standard InChI is InChI=1S/C13H21N3O3/c1-5-8-16(14)12(18)15-9-6-7-10(15)11(17)19-13(2,3)4/h1,10H,6-9,14H2,2-4H3/t10-/m0/s1. The average molecular weight is 267 g/mol. The van der Waals surface area contributed by atoms with E-state index in [2.05, 4.69) is 5.92 Å². The average Bonchev–Trinajstić information content (AvgIpc) is 2.74. The van der Waals surface area contributed by atoms with E-state index in [1.807, 2.05) is 0 Å². The van der Waals surface area contributed by atoms with Crippen molar-refractivity contribution < 1.29 is 14.3 Å². The molecule has 0 bridgehead atoms. The van der Waals surface area contributed by atoms with Gasteiger partial charge in [-0.2, -0.15) is 0 Å². The molecule has 1 rings (SSSR count). The molecule has 1 fully saturated rings. The first-order valence-corrected chi connectivity index (χ1v) is 6.25. The number of amides is 2. The van der Waals surface area contributed by atoms with Gasteiger partial charge in [0.1, 0.15) is 11.6 Å². The Labute approximate surface area is 113 Å². The maximum Gasteiger partial charge on any atom is 0.335 e. The Morgan fingerprint density at radius 2 is 2.16 bits per heavy atom.